The van der Waals surface area contributed by atoms with Crippen LogP contribution in [0.3, 0.4) is 0 Å². The van der Waals surface area contributed by atoms with E-state index in [1.165, 1.54) is 0 Å². The highest BCUT2D eigenvalue weighted by Crippen LogP contribution is 2.26. The van der Waals surface area contributed by atoms with Crippen molar-refractivity contribution >= 4 is 16.1 Å². The number of hydrogen-bond acceptors (Lipinski definition) is 4. The van der Waals surface area contributed by atoms with E-state index in [1.54, 1.807) is 0 Å². The molecule has 1 unspecified atom stereocenters. The molecule has 1 aliphatic carbocycles. The second-order valence-electron chi connectivity index (χ2n) is 4.36. The van der Waals surface area contributed by atoms with Crippen molar-refractivity contribution in [3.63, 3.8) is 0 Å². The molecule has 0 heterocycles. The summed E-state index contributed by atoms with van der Waals surface area (Å²) in [6.07, 6.45) is 4.42. The number of alkyl halides is 2. The van der Waals surface area contributed by atoms with E-state index in [4.69, 9.17) is 9.29 Å². The molecule has 0 aliphatic heterocycles. The molecule has 5 nitrogen and oxygen atoms in total. The first-order valence-corrected chi connectivity index (χ1v) is 7.34. The predicted molar refractivity (Wildman–Crippen MR) is 63.2 cm³/mol. The highest BCUT2D eigenvalue weighted by Gasteiger charge is 2.43. The maximum absolute atomic E-state index is 12.8. The van der Waals surface area contributed by atoms with E-state index >= 15 is 0 Å². The van der Waals surface area contributed by atoms with Crippen molar-refractivity contribution in [1.82, 2.24) is 0 Å². The van der Waals surface area contributed by atoms with E-state index in [0.29, 0.717) is 12.8 Å². The summed E-state index contributed by atoms with van der Waals surface area (Å²) in [5.74, 6) is -0.716. The molecule has 0 fully saturated rings. The van der Waals surface area contributed by atoms with Gasteiger partial charge >= 0.3 is 21.3 Å². The Labute approximate surface area is 110 Å². The maximum atomic E-state index is 12.8. The van der Waals surface area contributed by atoms with Crippen LogP contribution in [0.15, 0.2) is 12.2 Å². The van der Waals surface area contributed by atoms with E-state index in [2.05, 4.69) is 0 Å². The Morgan fingerprint density at radius 3 is 2.63 bits per heavy atom. The van der Waals surface area contributed by atoms with Gasteiger partial charge < -0.3 is 4.74 Å². The van der Waals surface area contributed by atoms with E-state index in [0.717, 1.165) is 6.42 Å². The summed E-state index contributed by atoms with van der Waals surface area (Å²) >= 11 is 0. The Hall–Kier alpha value is -1.02. The number of carbonyl (C=O) groups excluding carboxylic acids is 1. The third-order valence-electron chi connectivity index (χ3n) is 2.84. The van der Waals surface area contributed by atoms with Gasteiger partial charge in [-0.25, -0.2) is 0 Å². The number of ether oxygens (including phenoxy) is 1. The van der Waals surface area contributed by atoms with Crippen molar-refractivity contribution in [2.45, 2.75) is 37.4 Å². The number of carbonyl (C=O) groups is 1. The van der Waals surface area contributed by atoms with Gasteiger partial charge in [-0.05, 0) is 25.7 Å². The van der Waals surface area contributed by atoms with E-state index < -0.39 is 27.8 Å². The summed E-state index contributed by atoms with van der Waals surface area (Å²) in [4.78, 5) is 11.5. The fourth-order valence-corrected chi connectivity index (χ4v) is 2.11. The molecule has 0 aromatic carbocycles. The summed E-state index contributed by atoms with van der Waals surface area (Å²) in [6.45, 7) is -0.288. The van der Waals surface area contributed by atoms with Crippen LogP contribution in [0.2, 0.25) is 0 Å². The maximum Gasteiger partial charge on any atom is 0.370 e. The van der Waals surface area contributed by atoms with Crippen molar-refractivity contribution < 1.29 is 31.3 Å². The lowest BCUT2D eigenvalue weighted by atomic mass is 9.95. The van der Waals surface area contributed by atoms with Crippen LogP contribution in [0.4, 0.5) is 8.78 Å². The fraction of sp³-hybridized carbons (Fsp3) is 0.727. The zero-order valence-corrected chi connectivity index (χ0v) is 11.0. The number of hydrogen-bond donors (Lipinski definition) is 1. The lowest BCUT2D eigenvalue weighted by Gasteiger charge is -2.17. The lowest BCUT2D eigenvalue weighted by molar-refractivity contribution is -0.149. The second kappa shape index (κ2) is 6.42. The Bertz CT molecular complexity index is 444. The summed E-state index contributed by atoms with van der Waals surface area (Å²) < 4.78 is 59.4. The molecule has 1 atom stereocenters. The summed E-state index contributed by atoms with van der Waals surface area (Å²) in [5, 5.41) is -4.20. The molecule has 0 saturated heterocycles. The van der Waals surface area contributed by atoms with E-state index in [9.17, 15) is 22.0 Å². The molecule has 0 spiro atoms. The molecule has 1 rings (SSSR count). The van der Waals surface area contributed by atoms with Gasteiger partial charge in [0.05, 0.1) is 12.5 Å². The van der Waals surface area contributed by atoms with Crippen molar-refractivity contribution in [3.05, 3.63) is 12.2 Å². The minimum atomic E-state index is -5.41. The zero-order chi connectivity index (χ0) is 14.5. The van der Waals surface area contributed by atoms with Crippen LogP contribution in [0.1, 0.15) is 32.1 Å². The van der Waals surface area contributed by atoms with Crippen LogP contribution in [0.5, 0.6) is 0 Å². The first-order valence-electron chi connectivity index (χ1n) is 5.90. The SMILES string of the molecule is O=C(OCCCC(F)(F)S(=O)(=O)O)C1CC=CCC1. The summed E-state index contributed by atoms with van der Waals surface area (Å²) in [6, 6.07) is 0. The molecule has 1 N–H and O–H groups in total. The Kier molecular flexibility index (Phi) is 5.42. The minimum absolute atomic E-state index is 0.257. The van der Waals surface area contributed by atoms with Crippen LogP contribution >= 0.6 is 0 Å². The first-order chi connectivity index (χ1) is 8.74. The van der Waals surface area contributed by atoms with Gasteiger partial charge in [0.1, 0.15) is 0 Å². The number of rotatable bonds is 6. The standard InChI is InChI=1S/C11H16F2O5S/c12-11(13,19(15,16)17)7-4-8-18-10(14)9-5-2-1-3-6-9/h1-2,9H,3-8H2,(H,15,16,17). The average molecular weight is 298 g/mol. The van der Waals surface area contributed by atoms with Gasteiger partial charge in [-0.2, -0.15) is 17.2 Å². The van der Waals surface area contributed by atoms with Gasteiger partial charge in [0.25, 0.3) is 0 Å². The molecule has 1 aliphatic rings. The van der Waals surface area contributed by atoms with Crippen LogP contribution in [0.25, 0.3) is 0 Å². The van der Waals surface area contributed by atoms with Gasteiger partial charge in [-0.3, -0.25) is 9.35 Å². The fourth-order valence-electron chi connectivity index (χ4n) is 1.71. The minimum Gasteiger partial charge on any atom is -0.465 e. The van der Waals surface area contributed by atoms with Gasteiger partial charge in [-0.15, -0.1) is 0 Å². The van der Waals surface area contributed by atoms with Crippen molar-refractivity contribution in [1.29, 1.82) is 0 Å². The number of allylic oxidation sites excluding steroid dienone is 2. The molecular weight excluding hydrogens is 282 g/mol. The van der Waals surface area contributed by atoms with Gasteiger partial charge in [0.15, 0.2) is 0 Å². The molecule has 0 aromatic heterocycles. The van der Waals surface area contributed by atoms with Gasteiger partial charge in [-0.1, -0.05) is 12.2 Å². The molecule has 19 heavy (non-hydrogen) atoms. The summed E-state index contributed by atoms with van der Waals surface area (Å²) in [5.41, 5.74) is 0. The smallest absolute Gasteiger partial charge is 0.370 e. The second-order valence-corrected chi connectivity index (χ2v) is 5.91. The van der Waals surface area contributed by atoms with Crippen molar-refractivity contribution in [3.8, 4) is 0 Å². The third-order valence-corrected chi connectivity index (χ3v) is 3.80. The predicted octanol–water partition coefficient (Wildman–Crippen LogP) is 2.15. The Balaban J connectivity index is 2.28. The quantitative estimate of drug-likeness (QED) is 0.352. The van der Waals surface area contributed by atoms with Crippen LogP contribution in [0, 0.1) is 5.92 Å². The first kappa shape index (κ1) is 16.0. The van der Waals surface area contributed by atoms with Gasteiger partial charge in [0, 0.05) is 6.42 Å². The monoisotopic (exact) mass is 298 g/mol. The zero-order valence-electron chi connectivity index (χ0n) is 10.2. The van der Waals surface area contributed by atoms with Crippen molar-refractivity contribution in [2.75, 3.05) is 6.61 Å². The number of halogens is 2. The molecule has 8 heteroatoms. The van der Waals surface area contributed by atoms with Crippen molar-refractivity contribution in [2.24, 2.45) is 5.92 Å². The molecule has 0 amide bonds. The molecule has 0 aromatic rings. The largest absolute Gasteiger partial charge is 0.465 e. The Morgan fingerprint density at radius 1 is 1.42 bits per heavy atom. The Morgan fingerprint density at radius 2 is 2.11 bits per heavy atom. The highest BCUT2D eigenvalue weighted by molar-refractivity contribution is 7.86. The highest BCUT2D eigenvalue weighted by atomic mass is 32.2. The molecular formula is C11H16F2O5S. The third kappa shape index (κ3) is 4.87. The normalized spacial score (nSPS) is 20.3. The summed E-state index contributed by atoms with van der Waals surface area (Å²) in [7, 11) is -5.41. The van der Waals surface area contributed by atoms with Gasteiger partial charge in [0.2, 0.25) is 0 Å². The average Bonchev–Trinajstić information content (AvgIpc) is 2.34. The van der Waals surface area contributed by atoms with E-state index in [1.807, 2.05) is 12.2 Å². The lowest BCUT2D eigenvalue weighted by Crippen LogP contribution is -2.28. The topological polar surface area (TPSA) is 80.7 Å². The van der Waals surface area contributed by atoms with Crippen LogP contribution in [-0.4, -0.2) is 30.8 Å². The molecule has 0 saturated carbocycles. The van der Waals surface area contributed by atoms with E-state index in [-0.39, 0.29) is 18.9 Å². The molecule has 110 valence electrons. The van der Waals surface area contributed by atoms with Crippen LogP contribution in [-0.2, 0) is 19.6 Å². The number of esters is 1. The van der Waals surface area contributed by atoms with Crippen LogP contribution < -0.4 is 0 Å². The molecule has 0 bridgehead atoms. The molecule has 0 radical (unpaired) electrons.